The fourth-order valence-electron chi connectivity index (χ4n) is 4.89. The molecule has 2 fully saturated rings. The molecule has 1 aromatic rings. The average molecular weight is 480 g/mol. The lowest BCUT2D eigenvalue weighted by atomic mass is 9.76. The van der Waals surface area contributed by atoms with Crippen LogP contribution in [0.2, 0.25) is 0 Å². The zero-order valence-corrected chi connectivity index (χ0v) is 18.4. The van der Waals surface area contributed by atoms with Crippen LogP contribution in [0, 0.1) is 17.2 Å². The van der Waals surface area contributed by atoms with Crippen molar-refractivity contribution < 1.29 is 27.6 Å². The molecule has 1 aliphatic carbocycles. The number of oxime groups is 1. The van der Waals surface area contributed by atoms with Crippen LogP contribution in [0.4, 0.5) is 13.2 Å². The van der Waals surface area contributed by atoms with Gasteiger partial charge in [0, 0.05) is 24.7 Å². The Balaban J connectivity index is 1.15. The van der Waals surface area contributed by atoms with Gasteiger partial charge in [0.05, 0.1) is 18.2 Å². The van der Waals surface area contributed by atoms with Crippen LogP contribution < -0.4 is 16.4 Å². The van der Waals surface area contributed by atoms with Gasteiger partial charge < -0.3 is 21.2 Å². The number of nitrogens with two attached hydrogens (primary N) is 1. The van der Waals surface area contributed by atoms with Crippen molar-refractivity contribution in [1.82, 2.24) is 15.5 Å². The molecule has 1 unspecified atom stereocenters. The first kappa shape index (κ1) is 24.0. The van der Waals surface area contributed by atoms with Crippen molar-refractivity contribution in [2.75, 3.05) is 19.6 Å². The highest BCUT2D eigenvalue weighted by molar-refractivity contribution is 6.04. The molecule has 0 spiro atoms. The van der Waals surface area contributed by atoms with Crippen molar-refractivity contribution >= 4 is 23.5 Å². The van der Waals surface area contributed by atoms with E-state index in [-0.39, 0.29) is 41.8 Å². The minimum atomic E-state index is -4.54. The average Bonchev–Trinajstić information content (AvgIpc) is 3.12. The van der Waals surface area contributed by atoms with Crippen LogP contribution >= 0.6 is 0 Å². The van der Waals surface area contributed by atoms with Gasteiger partial charge in [0.15, 0.2) is 5.84 Å². The molecule has 184 valence electrons. The first-order valence-electron chi connectivity index (χ1n) is 11.2. The molecular weight excluding hydrogens is 453 g/mol. The predicted octanol–water partition coefficient (Wildman–Crippen LogP) is 1.69. The maximum atomic E-state index is 12.8. The molecule has 2 amide bonds. The summed E-state index contributed by atoms with van der Waals surface area (Å²) in [6.07, 6.45) is -0.762. The number of nitrogens with zero attached hydrogens (tertiary/aromatic N) is 2. The molecule has 1 saturated carbocycles. The summed E-state index contributed by atoms with van der Waals surface area (Å²) in [4.78, 5) is 31.5. The number of amides is 2. The Hall–Kier alpha value is -3.15. The second-order valence-electron chi connectivity index (χ2n) is 9.00. The summed E-state index contributed by atoms with van der Waals surface area (Å²) in [5.74, 6) is -0.598. The summed E-state index contributed by atoms with van der Waals surface area (Å²) in [6, 6.07) is 4.44. The van der Waals surface area contributed by atoms with Crippen LogP contribution in [-0.4, -0.2) is 60.2 Å². The Morgan fingerprint density at radius 2 is 1.91 bits per heavy atom. The minimum absolute atomic E-state index is 0.0325. The molecule has 0 bridgehead atoms. The van der Waals surface area contributed by atoms with E-state index in [9.17, 15) is 22.8 Å². The van der Waals surface area contributed by atoms with Crippen LogP contribution in [0.25, 0.3) is 0 Å². The van der Waals surface area contributed by atoms with Gasteiger partial charge in [0.1, 0.15) is 5.92 Å². The van der Waals surface area contributed by atoms with E-state index in [0.717, 1.165) is 43.9 Å². The van der Waals surface area contributed by atoms with E-state index >= 15 is 0 Å². The number of carbonyl (C=O) groups excluding carboxylic acids is 2. The van der Waals surface area contributed by atoms with Gasteiger partial charge in [0.25, 0.3) is 5.91 Å². The summed E-state index contributed by atoms with van der Waals surface area (Å²) in [6.45, 7) is 1.10. The number of rotatable bonds is 6. The lowest BCUT2D eigenvalue weighted by Gasteiger charge is -2.47. The SMILES string of the molecule is N=C1ON=C(N)C1C1CCC(N2CC(NC(=O)CNC(=O)c3cccc(C(F)(F)F)c3)C2)CC1. The normalized spacial score (nSPS) is 25.8. The maximum absolute atomic E-state index is 12.8. The van der Waals surface area contributed by atoms with Crippen LogP contribution in [0.3, 0.4) is 0 Å². The Bertz CT molecular complexity index is 984. The molecule has 1 aromatic carbocycles. The quantitative estimate of drug-likeness (QED) is 0.492. The van der Waals surface area contributed by atoms with E-state index < -0.39 is 17.6 Å². The van der Waals surface area contributed by atoms with Gasteiger partial charge in [-0.05, 0) is 49.8 Å². The van der Waals surface area contributed by atoms with Crippen molar-refractivity contribution in [3.63, 3.8) is 0 Å². The first-order chi connectivity index (χ1) is 16.1. The number of carbonyl (C=O) groups is 2. The highest BCUT2D eigenvalue weighted by atomic mass is 19.4. The third kappa shape index (κ3) is 5.32. The molecule has 1 atom stereocenters. The number of halogens is 3. The molecule has 9 nitrogen and oxygen atoms in total. The third-order valence-corrected chi connectivity index (χ3v) is 6.72. The number of hydrogen-bond donors (Lipinski definition) is 4. The molecule has 5 N–H and O–H groups in total. The van der Waals surface area contributed by atoms with E-state index in [4.69, 9.17) is 16.0 Å². The largest absolute Gasteiger partial charge is 0.416 e. The van der Waals surface area contributed by atoms with Gasteiger partial charge >= 0.3 is 6.18 Å². The van der Waals surface area contributed by atoms with Crippen molar-refractivity contribution in [2.24, 2.45) is 22.7 Å². The Morgan fingerprint density at radius 3 is 2.53 bits per heavy atom. The molecule has 4 rings (SSSR count). The van der Waals surface area contributed by atoms with Crippen LogP contribution in [0.1, 0.15) is 41.6 Å². The monoisotopic (exact) mass is 480 g/mol. The highest BCUT2D eigenvalue weighted by Gasteiger charge is 2.40. The number of likely N-dealkylation sites (tertiary alicyclic amines) is 1. The second kappa shape index (κ2) is 9.61. The van der Waals surface area contributed by atoms with E-state index in [2.05, 4.69) is 20.7 Å². The van der Waals surface area contributed by atoms with E-state index in [1.165, 1.54) is 6.07 Å². The fraction of sp³-hybridized carbons (Fsp3) is 0.545. The molecule has 12 heteroatoms. The third-order valence-electron chi connectivity index (χ3n) is 6.72. The zero-order valence-electron chi connectivity index (χ0n) is 18.4. The Labute approximate surface area is 194 Å². The molecule has 2 aliphatic heterocycles. The van der Waals surface area contributed by atoms with Gasteiger partial charge in [-0.25, -0.2) is 0 Å². The lowest BCUT2D eigenvalue weighted by Crippen LogP contribution is -2.63. The maximum Gasteiger partial charge on any atom is 0.416 e. The van der Waals surface area contributed by atoms with Crippen LogP contribution in [0.15, 0.2) is 29.4 Å². The van der Waals surface area contributed by atoms with Crippen molar-refractivity contribution in [3.8, 4) is 0 Å². The standard InChI is InChI=1S/C22H27F3N6O3/c23-22(24,25)14-3-1-2-13(8-14)21(33)28-9-17(32)29-15-10-31(11-15)16-6-4-12(5-7-16)18-19(26)30-34-20(18)27/h1-3,8,12,15-16,18,27H,4-7,9-11H2,(H2,26,30)(H,28,33)(H,29,32). The summed E-state index contributed by atoms with van der Waals surface area (Å²) in [5, 5.41) is 16.8. The number of nitrogens with one attached hydrogen (secondary N) is 3. The minimum Gasteiger partial charge on any atom is -0.384 e. The molecular formula is C22H27F3N6O3. The summed E-state index contributed by atoms with van der Waals surface area (Å²) >= 11 is 0. The summed E-state index contributed by atoms with van der Waals surface area (Å²) in [7, 11) is 0. The number of alkyl halides is 3. The lowest BCUT2D eigenvalue weighted by molar-refractivity contribution is -0.137. The Kier molecular flexibility index (Phi) is 6.78. The molecule has 3 aliphatic rings. The first-order valence-corrected chi connectivity index (χ1v) is 11.2. The van der Waals surface area contributed by atoms with Gasteiger partial charge in [-0.15, -0.1) is 0 Å². The van der Waals surface area contributed by atoms with Crippen molar-refractivity contribution in [1.29, 1.82) is 5.41 Å². The van der Waals surface area contributed by atoms with Gasteiger partial charge in [-0.2, -0.15) is 13.2 Å². The summed E-state index contributed by atoms with van der Waals surface area (Å²) in [5.41, 5.74) is 4.79. The second-order valence-corrected chi connectivity index (χ2v) is 9.00. The Morgan fingerprint density at radius 1 is 1.21 bits per heavy atom. The highest BCUT2D eigenvalue weighted by Crippen LogP contribution is 2.36. The van der Waals surface area contributed by atoms with Crippen molar-refractivity contribution in [3.05, 3.63) is 35.4 Å². The molecule has 2 heterocycles. The van der Waals surface area contributed by atoms with Crippen LogP contribution in [-0.2, 0) is 15.8 Å². The number of benzene rings is 1. The molecule has 1 saturated heterocycles. The van der Waals surface area contributed by atoms with E-state index in [1.807, 2.05) is 0 Å². The van der Waals surface area contributed by atoms with E-state index in [1.54, 1.807) is 0 Å². The van der Waals surface area contributed by atoms with Gasteiger partial charge in [-0.3, -0.25) is 19.9 Å². The fourth-order valence-corrected chi connectivity index (χ4v) is 4.89. The molecule has 0 radical (unpaired) electrons. The smallest absolute Gasteiger partial charge is 0.384 e. The predicted molar refractivity (Wildman–Crippen MR) is 117 cm³/mol. The number of amidine groups is 1. The topological polar surface area (TPSA) is 133 Å². The zero-order chi connectivity index (χ0) is 24.5. The summed E-state index contributed by atoms with van der Waals surface area (Å²) < 4.78 is 38.4. The van der Waals surface area contributed by atoms with Gasteiger partial charge in [0.2, 0.25) is 11.8 Å². The molecule has 34 heavy (non-hydrogen) atoms. The van der Waals surface area contributed by atoms with Crippen LogP contribution in [0.5, 0.6) is 0 Å². The van der Waals surface area contributed by atoms with Gasteiger partial charge in [-0.1, -0.05) is 11.2 Å². The van der Waals surface area contributed by atoms with E-state index in [0.29, 0.717) is 25.0 Å². The molecule has 0 aromatic heterocycles. The number of hydrogen-bond acceptors (Lipinski definition) is 7. The van der Waals surface area contributed by atoms with Crippen molar-refractivity contribution in [2.45, 2.75) is 43.9 Å².